The van der Waals surface area contributed by atoms with Gasteiger partial charge in [-0.25, -0.2) is 8.42 Å². The van der Waals surface area contributed by atoms with Gasteiger partial charge in [-0.1, -0.05) is 12.8 Å². The number of nitrogens with zero attached hydrogens (tertiary/aromatic N) is 1. The van der Waals surface area contributed by atoms with Gasteiger partial charge in [0.15, 0.2) is 0 Å². The van der Waals surface area contributed by atoms with Crippen LogP contribution in [0.3, 0.4) is 0 Å². The van der Waals surface area contributed by atoms with Crippen molar-refractivity contribution < 1.29 is 13.5 Å². The number of aliphatic hydroxyl groups excluding tert-OH is 1. The minimum absolute atomic E-state index is 0.0121. The Morgan fingerprint density at radius 3 is 2.60 bits per heavy atom. The van der Waals surface area contributed by atoms with Gasteiger partial charge < -0.3 is 10.4 Å². The van der Waals surface area contributed by atoms with Crippen molar-refractivity contribution >= 4 is 10.0 Å². The van der Waals surface area contributed by atoms with Gasteiger partial charge in [-0.05, 0) is 45.1 Å². The summed E-state index contributed by atoms with van der Waals surface area (Å²) in [7, 11) is -3.17. The number of hydrogen-bond acceptors (Lipinski definition) is 4. The highest BCUT2D eigenvalue weighted by atomic mass is 32.2. The second-order valence-corrected chi connectivity index (χ2v) is 8.07. The Bertz CT molecular complexity index is 378. The van der Waals surface area contributed by atoms with Crippen LogP contribution in [0.4, 0.5) is 0 Å². The van der Waals surface area contributed by atoms with E-state index in [-0.39, 0.29) is 18.4 Å². The van der Waals surface area contributed by atoms with Gasteiger partial charge in [-0.2, -0.15) is 4.31 Å². The molecule has 0 radical (unpaired) electrons. The molecule has 0 aromatic heterocycles. The zero-order chi connectivity index (χ0) is 14.4. The molecule has 2 aliphatic heterocycles. The van der Waals surface area contributed by atoms with E-state index in [0.29, 0.717) is 25.4 Å². The first kappa shape index (κ1) is 16.2. The molecule has 2 fully saturated rings. The molecule has 0 aromatic rings. The molecule has 20 heavy (non-hydrogen) atoms. The van der Waals surface area contributed by atoms with Crippen LogP contribution in [0, 0.1) is 0 Å². The van der Waals surface area contributed by atoms with Crippen LogP contribution in [0.25, 0.3) is 0 Å². The zero-order valence-electron chi connectivity index (χ0n) is 12.3. The molecule has 0 aromatic carbocycles. The summed E-state index contributed by atoms with van der Waals surface area (Å²) in [4.78, 5) is 0. The van der Waals surface area contributed by atoms with E-state index in [1.807, 2.05) is 0 Å². The average Bonchev–Trinajstić information content (AvgIpc) is 2.47. The smallest absolute Gasteiger partial charge is 0.214 e. The van der Waals surface area contributed by atoms with E-state index in [1.54, 1.807) is 4.31 Å². The minimum Gasteiger partial charge on any atom is -0.396 e. The summed E-state index contributed by atoms with van der Waals surface area (Å²) in [6, 6.07) is 0.373. The van der Waals surface area contributed by atoms with Gasteiger partial charge in [-0.3, -0.25) is 0 Å². The molecular weight excluding hydrogens is 276 g/mol. The first-order valence-electron chi connectivity index (χ1n) is 7.97. The molecule has 0 amide bonds. The van der Waals surface area contributed by atoms with Crippen molar-refractivity contribution in [3.63, 3.8) is 0 Å². The Hall–Kier alpha value is -0.170. The third-order valence-electron chi connectivity index (χ3n) is 4.53. The Kier molecular flexibility index (Phi) is 6.26. The highest BCUT2D eigenvalue weighted by Crippen LogP contribution is 2.24. The predicted octanol–water partition coefficient (Wildman–Crippen LogP) is 1.09. The minimum atomic E-state index is -3.17. The summed E-state index contributed by atoms with van der Waals surface area (Å²) in [5, 5.41) is 12.5. The molecule has 0 aliphatic carbocycles. The number of aliphatic hydroxyl groups is 1. The van der Waals surface area contributed by atoms with Crippen molar-refractivity contribution in [1.29, 1.82) is 0 Å². The highest BCUT2D eigenvalue weighted by Gasteiger charge is 2.32. The second kappa shape index (κ2) is 7.73. The van der Waals surface area contributed by atoms with E-state index >= 15 is 0 Å². The van der Waals surface area contributed by atoms with Crippen LogP contribution in [0.1, 0.15) is 51.4 Å². The number of piperidine rings is 2. The fourth-order valence-corrected chi connectivity index (χ4v) is 5.25. The van der Waals surface area contributed by atoms with Crippen molar-refractivity contribution in [2.75, 3.05) is 25.4 Å². The number of sulfonamides is 1. The van der Waals surface area contributed by atoms with Crippen molar-refractivity contribution in [3.8, 4) is 0 Å². The molecule has 0 saturated carbocycles. The summed E-state index contributed by atoms with van der Waals surface area (Å²) in [6.07, 6.45) is 7.69. The Morgan fingerprint density at radius 2 is 1.90 bits per heavy atom. The lowest BCUT2D eigenvalue weighted by molar-refractivity contribution is 0.192. The van der Waals surface area contributed by atoms with Gasteiger partial charge in [0.25, 0.3) is 0 Å². The first-order valence-corrected chi connectivity index (χ1v) is 9.58. The standard InChI is InChI=1S/C14H28N2O3S/c17-11-7-14-6-2-4-10-16(14)20(18,19)12-8-13-5-1-3-9-15-13/h13-15,17H,1-12H2. The van der Waals surface area contributed by atoms with E-state index in [4.69, 9.17) is 5.11 Å². The highest BCUT2D eigenvalue weighted by molar-refractivity contribution is 7.89. The normalized spacial score (nSPS) is 29.4. The van der Waals surface area contributed by atoms with Crippen LogP contribution in [-0.2, 0) is 10.0 Å². The SMILES string of the molecule is O=S(=O)(CCC1CCCCN1)N1CCCCC1CCO. The third kappa shape index (κ3) is 4.41. The molecule has 2 heterocycles. The fourth-order valence-electron chi connectivity index (χ4n) is 3.36. The van der Waals surface area contributed by atoms with Crippen molar-refractivity contribution in [1.82, 2.24) is 9.62 Å². The maximum Gasteiger partial charge on any atom is 0.214 e. The fraction of sp³-hybridized carbons (Fsp3) is 1.00. The summed E-state index contributed by atoms with van der Waals surface area (Å²) >= 11 is 0. The van der Waals surface area contributed by atoms with Gasteiger partial charge in [0.05, 0.1) is 5.75 Å². The van der Waals surface area contributed by atoms with E-state index in [1.165, 1.54) is 12.8 Å². The molecule has 5 nitrogen and oxygen atoms in total. The van der Waals surface area contributed by atoms with E-state index in [2.05, 4.69) is 5.32 Å². The van der Waals surface area contributed by atoms with E-state index in [9.17, 15) is 8.42 Å². The molecule has 2 unspecified atom stereocenters. The molecule has 0 spiro atoms. The largest absolute Gasteiger partial charge is 0.396 e. The molecule has 118 valence electrons. The molecule has 0 bridgehead atoms. The molecule has 2 aliphatic rings. The van der Waals surface area contributed by atoms with Crippen LogP contribution < -0.4 is 5.32 Å². The van der Waals surface area contributed by atoms with Crippen LogP contribution in [0.5, 0.6) is 0 Å². The van der Waals surface area contributed by atoms with Crippen molar-refractivity contribution in [2.24, 2.45) is 0 Å². The van der Waals surface area contributed by atoms with Gasteiger partial charge in [-0.15, -0.1) is 0 Å². The molecule has 2 rings (SSSR count). The maximum atomic E-state index is 12.5. The number of nitrogens with one attached hydrogen (secondary N) is 1. The van der Waals surface area contributed by atoms with E-state index in [0.717, 1.165) is 32.2 Å². The number of hydrogen-bond donors (Lipinski definition) is 2. The Morgan fingerprint density at radius 1 is 1.10 bits per heavy atom. The molecule has 6 heteroatoms. The van der Waals surface area contributed by atoms with Crippen LogP contribution in [0.2, 0.25) is 0 Å². The summed E-state index contributed by atoms with van der Waals surface area (Å²) in [6.45, 7) is 1.72. The molecule has 2 atom stereocenters. The van der Waals surface area contributed by atoms with Crippen LogP contribution in [-0.4, -0.2) is 55.4 Å². The summed E-state index contributed by atoms with van der Waals surface area (Å²) in [5.74, 6) is 0.243. The van der Waals surface area contributed by atoms with Crippen LogP contribution in [0.15, 0.2) is 0 Å². The van der Waals surface area contributed by atoms with Gasteiger partial charge in [0, 0.05) is 25.2 Å². The Balaban J connectivity index is 1.89. The summed E-state index contributed by atoms with van der Waals surface area (Å²) < 4.78 is 26.7. The van der Waals surface area contributed by atoms with Crippen LogP contribution >= 0.6 is 0 Å². The lowest BCUT2D eigenvalue weighted by Gasteiger charge is -2.35. The van der Waals surface area contributed by atoms with E-state index < -0.39 is 10.0 Å². The Labute approximate surface area is 122 Å². The third-order valence-corrected chi connectivity index (χ3v) is 6.48. The first-order chi connectivity index (χ1) is 9.63. The van der Waals surface area contributed by atoms with Crippen molar-refractivity contribution in [2.45, 2.75) is 63.5 Å². The lowest BCUT2D eigenvalue weighted by atomic mass is 10.0. The van der Waals surface area contributed by atoms with Gasteiger partial charge in [0.2, 0.25) is 10.0 Å². The lowest BCUT2D eigenvalue weighted by Crippen LogP contribution is -2.46. The quantitative estimate of drug-likeness (QED) is 0.770. The molecule has 2 N–H and O–H groups in total. The second-order valence-electron chi connectivity index (χ2n) is 6.02. The summed E-state index contributed by atoms with van der Waals surface area (Å²) in [5.41, 5.74) is 0. The topological polar surface area (TPSA) is 69.6 Å². The zero-order valence-corrected chi connectivity index (χ0v) is 13.1. The predicted molar refractivity (Wildman–Crippen MR) is 80.1 cm³/mol. The van der Waals surface area contributed by atoms with Gasteiger partial charge >= 0.3 is 0 Å². The van der Waals surface area contributed by atoms with Gasteiger partial charge in [0.1, 0.15) is 0 Å². The maximum absolute atomic E-state index is 12.5. The monoisotopic (exact) mass is 304 g/mol. The molecular formula is C14H28N2O3S. The number of rotatable bonds is 6. The van der Waals surface area contributed by atoms with Crippen molar-refractivity contribution in [3.05, 3.63) is 0 Å². The molecule has 2 saturated heterocycles. The average molecular weight is 304 g/mol.